The second-order valence-corrected chi connectivity index (χ2v) is 3.28. The van der Waals surface area contributed by atoms with Crippen LogP contribution >= 0.6 is 0 Å². The van der Waals surface area contributed by atoms with E-state index in [-0.39, 0.29) is 35.0 Å². The molecule has 17 heavy (non-hydrogen) atoms. The third kappa shape index (κ3) is 2.66. The topological polar surface area (TPSA) is 86.5 Å². The zero-order valence-electron chi connectivity index (χ0n) is 9.43. The summed E-state index contributed by atoms with van der Waals surface area (Å²) in [5.74, 6) is -0.476. The van der Waals surface area contributed by atoms with E-state index in [9.17, 15) is 19.7 Å². The van der Waals surface area contributed by atoms with Crippen molar-refractivity contribution in [2.45, 2.75) is 13.8 Å². The van der Waals surface area contributed by atoms with Gasteiger partial charge in [-0.2, -0.15) is 0 Å². The summed E-state index contributed by atoms with van der Waals surface area (Å²) < 4.78 is 5.11. The van der Waals surface area contributed by atoms with Crippen LogP contribution in [-0.2, 0) is 0 Å². The highest BCUT2D eigenvalue weighted by molar-refractivity contribution is 6.00. The lowest BCUT2D eigenvalue weighted by molar-refractivity contribution is -0.385. The monoisotopic (exact) mass is 237 g/mol. The SMILES string of the molecule is CCOc1c(C(C)=O)cc(C=O)cc1[N+](=O)[O-]. The van der Waals surface area contributed by atoms with Crippen LogP contribution in [0.3, 0.4) is 0 Å². The van der Waals surface area contributed by atoms with Crippen LogP contribution in [-0.4, -0.2) is 23.6 Å². The highest BCUT2D eigenvalue weighted by atomic mass is 16.6. The summed E-state index contributed by atoms with van der Waals surface area (Å²) in [5, 5.41) is 10.8. The summed E-state index contributed by atoms with van der Waals surface area (Å²) in [4.78, 5) is 32.2. The number of aldehydes is 1. The van der Waals surface area contributed by atoms with Gasteiger partial charge in [-0.15, -0.1) is 0 Å². The number of nitrogens with zero attached hydrogens (tertiary/aromatic N) is 1. The summed E-state index contributed by atoms with van der Waals surface area (Å²) in [5.41, 5.74) is -0.254. The molecule has 6 nitrogen and oxygen atoms in total. The Morgan fingerprint density at radius 2 is 2.18 bits per heavy atom. The van der Waals surface area contributed by atoms with Crippen LogP contribution in [0.1, 0.15) is 34.6 Å². The minimum atomic E-state index is -0.676. The molecule has 0 aliphatic heterocycles. The van der Waals surface area contributed by atoms with Crippen LogP contribution in [0.5, 0.6) is 5.75 Å². The first-order chi connectivity index (χ1) is 8.01. The Labute approximate surface area is 97.3 Å². The first-order valence-electron chi connectivity index (χ1n) is 4.92. The molecule has 0 aliphatic rings. The Bertz CT molecular complexity index is 446. The number of ether oxygens (including phenoxy) is 1. The van der Waals surface area contributed by atoms with Crippen molar-refractivity contribution >= 4 is 17.8 Å². The van der Waals surface area contributed by atoms with Gasteiger partial charge in [0.05, 0.1) is 17.1 Å². The van der Waals surface area contributed by atoms with E-state index >= 15 is 0 Å². The maximum Gasteiger partial charge on any atom is 0.312 e. The van der Waals surface area contributed by atoms with Crippen molar-refractivity contribution in [3.05, 3.63) is 33.4 Å². The van der Waals surface area contributed by atoms with Crippen molar-refractivity contribution in [2.75, 3.05) is 6.61 Å². The Morgan fingerprint density at radius 3 is 2.59 bits per heavy atom. The summed E-state index contributed by atoms with van der Waals surface area (Å²) in [6.07, 6.45) is 0.454. The van der Waals surface area contributed by atoms with Gasteiger partial charge < -0.3 is 4.74 Å². The molecule has 0 unspecified atom stereocenters. The van der Waals surface area contributed by atoms with Crippen LogP contribution in [0.15, 0.2) is 12.1 Å². The molecule has 90 valence electrons. The molecule has 0 saturated heterocycles. The highest BCUT2D eigenvalue weighted by Crippen LogP contribution is 2.32. The average molecular weight is 237 g/mol. The van der Waals surface area contributed by atoms with Crippen LogP contribution in [0.2, 0.25) is 0 Å². The first-order valence-corrected chi connectivity index (χ1v) is 4.92. The molecule has 0 fully saturated rings. The minimum Gasteiger partial charge on any atom is -0.487 e. The fourth-order valence-corrected chi connectivity index (χ4v) is 1.40. The fraction of sp³-hybridized carbons (Fsp3) is 0.273. The average Bonchev–Trinajstić information content (AvgIpc) is 2.28. The molecule has 1 rings (SSSR count). The van der Waals surface area contributed by atoms with Gasteiger partial charge in [0.25, 0.3) is 0 Å². The van der Waals surface area contributed by atoms with E-state index in [2.05, 4.69) is 0 Å². The third-order valence-electron chi connectivity index (χ3n) is 2.09. The minimum absolute atomic E-state index is 0.0446. The number of hydrogen-bond acceptors (Lipinski definition) is 5. The molecule has 0 saturated carbocycles. The maximum atomic E-state index is 11.4. The number of ketones is 1. The van der Waals surface area contributed by atoms with Crippen LogP contribution in [0, 0.1) is 10.1 Å². The van der Waals surface area contributed by atoms with Crippen molar-refractivity contribution in [1.82, 2.24) is 0 Å². The van der Waals surface area contributed by atoms with Crippen LogP contribution < -0.4 is 4.74 Å². The summed E-state index contributed by atoms with van der Waals surface area (Å²) in [7, 11) is 0. The number of rotatable bonds is 5. The van der Waals surface area contributed by atoms with E-state index in [1.807, 2.05) is 0 Å². The highest BCUT2D eigenvalue weighted by Gasteiger charge is 2.23. The lowest BCUT2D eigenvalue weighted by Crippen LogP contribution is -2.05. The van der Waals surface area contributed by atoms with Gasteiger partial charge in [0.1, 0.15) is 6.29 Å². The van der Waals surface area contributed by atoms with E-state index < -0.39 is 4.92 Å². The van der Waals surface area contributed by atoms with Crippen molar-refractivity contribution in [2.24, 2.45) is 0 Å². The molecule has 0 spiro atoms. The quantitative estimate of drug-likeness (QED) is 0.338. The summed E-state index contributed by atoms with van der Waals surface area (Å²) >= 11 is 0. The largest absolute Gasteiger partial charge is 0.487 e. The Hall–Kier alpha value is -2.24. The number of Topliss-reactive ketones (excluding diaryl/α,β-unsaturated/α-hetero) is 1. The standard InChI is InChI=1S/C11H11NO5/c1-3-17-11-9(7(2)14)4-8(6-13)5-10(11)12(15)16/h4-6H,3H2,1-2H3. The number of hydrogen-bond donors (Lipinski definition) is 0. The lowest BCUT2D eigenvalue weighted by Gasteiger charge is -2.09. The van der Waals surface area contributed by atoms with Crippen LogP contribution in [0.4, 0.5) is 5.69 Å². The van der Waals surface area contributed by atoms with Gasteiger partial charge in [-0.3, -0.25) is 19.7 Å². The van der Waals surface area contributed by atoms with Gasteiger partial charge in [-0.1, -0.05) is 0 Å². The van der Waals surface area contributed by atoms with E-state index in [0.29, 0.717) is 6.29 Å². The molecule has 0 aromatic heterocycles. The van der Waals surface area contributed by atoms with Gasteiger partial charge in [0.15, 0.2) is 5.78 Å². The second kappa shape index (κ2) is 5.20. The molecule has 0 heterocycles. The van der Waals surface area contributed by atoms with E-state index in [0.717, 1.165) is 6.07 Å². The number of benzene rings is 1. The van der Waals surface area contributed by atoms with Crippen molar-refractivity contribution < 1.29 is 19.2 Å². The smallest absolute Gasteiger partial charge is 0.312 e. The molecule has 0 amide bonds. The molecule has 0 bridgehead atoms. The maximum absolute atomic E-state index is 11.4. The molecule has 0 aliphatic carbocycles. The van der Waals surface area contributed by atoms with Crippen LogP contribution in [0.25, 0.3) is 0 Å². The van der Waals surface area contributed by atoms with Gasteiger partial charge in [-0.05, 0) is 19.9 Å². The molecule has 0 atom stereocenters. The number of carbonyl (C=O) groups excluding carboxylic acids is 2. The van der Waals surface area contributed by atoms with Crippen molar-refractivity contribution in [3.63, 3.8) is 0 Å². The molecule has 6 heteroatoms. The molecular formula is C11H11NO5. The van der Waals surface area contributed by atoms with Gasteiger partial charge >= 0.3 is 5.69 Å². The summed E-state index contributed by atoms with van der Waals surface area (Å²) in [6, 6.07) is 2.37. The third-order valence-corrected chi connectivity index (χ3v) is 2.09. The predicted molar refractivity (Wildman–Crippen MR) is 59.7 cm³/mol. The molecule has 1 aromatic rings. The zero-order valence-corrected chi connectivity index (χ0v) is 9.43. The molecule has 0 N–H and O–H groups in total. The summed E-state index contributed by atoms with van der Waals surface area (Å²) in [6.45, 7) is 3.11. The second-order valence-electron chi connectivity index (χ2n) is 3.28. The lowest BCUT2D eigenvalue weighted by atomic mass is 10.1. The molecule has 0 radical (unpaired) electrons. The van der Waals surface area contributed by atoms with E-state index in [4.69, 9.17) is 4.74 Å². The van der Waals surface area contributed by atoms with E-state index in [1.54, 1.807) is 6.92 Å². The van der Waals surface area contributed by atoms with Gasteiger partial charge in [-0.25, -0.2) is 0 Å². The number of nitro groups is 1. The Balaban J connectivity index is 3.54. The Morgan fingerprint density at radius 1 is 1.53 bits per heavy atom. The predicted octanol–water partition coefficient (Wildman–Crippen LogP) is 2.01. The van der Waals surface area contributed by atoms with Gasteiger partial charge in [0.2, 0.25) is 5.75 Å². The zero-order chi connectivity index (χ0) is 13.0. The fourth-order valence-electron chi connectivity index (χ4n) is 1.40. The van der Waals surface area contributed by atoms with Crippen molar-refractivity contribution in [3.8, 4) is 5.75 Å². The number of nitro benzene ring substituents is 1. The Kier molecular flexibility index (Phi) is 3.92. The van der Waals surface area contributed by atoms with Gasteiger partial charge in [0, 0.05) is 11.6 Å². The van der Waals surface area contributed by atoms with E-state index in [1.165, 1.54) is 13.0 Å². The molecular weight excluding hydrogens is 226 g/mol. The number of carbonyl (C=O) groups is 2. The first kappa shape index (κ1) is 12.8. The van der Waals surface area contributed by atoms with Crippen molar-refractivity contribution in [1.29, 1.82) is 0 Å². The molecule has 1 aromatic carbocycles. The normalized spacial score (nSPS) is 9.76.